The highest BCUT2D eigenvalue weighted by molar-refractivity contribution is 6.30. The molecule has 2 rings (SSSR count). The highest BCUT2D eigenvalue weighted by Gasteiger charge is 2.08. The van der Waals surface area contributed by atoms with E-state index in [0.29, 0.717) is 18.2 Å². The average molecular weight is 306 g/mol. The van der Waals surface area contributed by atoms with Gasteiger partial charge in [-0.2, -0.15) is 0 Å². The van der Waals surface area contributed by atoms with Gasteiger partial charge in [0.05, 0.1) is 13.2 Å². The van der Waals surface area contributed by atoms with Crippen LogP contribution in [0.4, 0.5) is 0 Å². The second-order valence-electron chi connectivity index (χ2n) is 4.83. The minimum Gasteiger partial charge on any atom is -0.493 e. The average Bonchev–Trinajstić information content (AvgIpc) is 2.49. The van der Waals surface area contributed by atoms with Gasteiger partial charge in [0.2, 0.25) is 0 Å². The first-order valence-electron chi connectivity index (χ1n) is 7.02. The third-order valence-corrected chi connectivity index (χ3v) is 3.26. The summed E-state index contributed by atoms with van der Waals surface area (Å²) in [6.07, 6.45) is 0.802. The first-order chi connectivity index (χ1) is 10.2. The Hall–Kier alpha value is -1.71. The topological polar surface area (TPSA) is 44.5 Å². The molecule has 0 aliphatic carbocycles. The van der Waals surface area contributed by atoms with Gasteiger partial charge in [0.1, 0.15) is 11.5 Å². The number of hydrogen-bond donors (Lipinski definition) is 1. The Balaban J connectivity index is 1.78. The highest BCUT2D eigenvalue weighted by atomic mass is 35.5. The molecule has 0 amide bonds. The number of para-hydroxylation sites is 1. The van der Waals surface area contributed by atoms with Crippen LogP contribution in [0.15, 0.2) is 48.5 Å². The monoisotopic (exact) mass is 305 g/mol. The summed E-state index contributed by atoms with van der Waals surface area (Å²) in [6.45, 7) is 3.11. The van der Waals surface area contributed by atoms with Gasteiger partial charge in [0.25, 0.3) is 0 Å². The summed E-state index contributed by atoms with van der Waals surface area (Å²) < 4.78 is 11.4. The van der Waals surface area contributed by atoms with E-state index in [1.165, 1.54) is 0 Å². The molecule has 2 aromatic rings. The lowest BCUT2D eigenvalue weighted by Crippen LogP contribution is -2.10. The number of rotatable bonds is 7. The molecular weight excluding hydrogens is 286 g/mol. The Morgan fingerprint density at radius 3 is 2.48 bits per heavy atom. The second-order valence-corrected chi connectivity index (χ2v) is 5.27. The molecule has 2 N–H and O–H groups in total. The lowest BCUT2D eigenvalue weighted by molar-refractivity contribution is 0.245. The van der Waals surface area contributed by atoms with Crippen LogP contribution in [0.3, 0.4) is 0 Å². The highest BCUT2D eigenvalue weighted by Crippen LogP contribution is 2.27. The Kier molecular flexibility index (Phi) is 5.90. The Bertz CT molecular complexity index is 558. The van der Waals surface area contributed by atoms with E-state index < -0.39 is 0 Å². The third-order valence-electron chi connectivity index (χ3n) is 3.02. The summed E-state index contributed by atoms with van der Waals surface area (Å²) in [5.74, 6) is 1.66. The smallest absolute Gasteiger partial charge is 0.124 e. The van der Waals surface area contributed by atoms with Crippen molar-refractivity contribution >= 4 is 11.6 Å². The molecule has 0 bridgehead atoms. The molecule has 112 valence electrons. The largest absolute Gasteiger partial charge is 0.493 e. The lowest BCUT2D eigenvalue weighted by atomic mass is 10.1. The summed E-state index contributed by atoms with van der Waals surface area (Å²) in [5.41, 5.74) is 6.85. The number of halogens is 1. The second kappa shape index (κ2) is 7.91. The van der Waals surface area contributed by atoms with Crippen LogP contribution in [-0.2, 0) is 0 Å². The quantitative estimate of drug-likeness (QED) is 0.779. The van der Waals surface area contributed by atoms with Crippen LogP contribution in [0.25, 0.3) is 0 Å². The standard InChI is InChI=1S/C17H20ClNO2/c1-13(19)16-12-14(18)8-9-17(16)21-11-5-10-20-15-6-3-2-4-7-15/h2-4,6-9,12-13H,5,10-11,19H2,1H3/t13-/m1/s1. The molecule has 0 unspecified atom stereocenters. The zero-order valence-electron chi connectivity index (χ0n) is 12.1. The van der Waals surface area contributed by atoms with E-state index in [-0.39, 0.29) is 6.04 Å². The third kappa shape index (κ3) is 4.96. The van der Waals surface area contributed by atoms with Gasteiger partial charge in [-0.1, -0.05) is 29.8 Å². The van der Waals surface area contributed by atoms with Gasteiger partial charge >= 0.3 is 0 Å². The van der Waals surface area contributed by atoms with Gasteiger partial charge in [-0.05, 0) is 37.3 Å². The van der Waals surface area contributed by atoms with Crippen LogP contribution in [0.5, 0.6) is 11.5 Å². The van der Waals surface area contributed by atoms with E-state index in [0.717, 1.165) is 23.5 Å². The molecule has 1 atom stereocenters. The van der Waals surface area contributed by atoms with Gasteiger partial charge in [-0.3, -0.25) is 0 Å². The van der Waals surface area contributed by atoms with E-state index in [9.17, 15) is 0 Å². The molecular formula is C17H20ClNO2. The maximum Gasteiger partial charge on any atom is 0.124 e. The molecule has 0 aromatic heterocycles. The Morgan fingerprint density at radius 1 is 1.05 bits per heavy atom. The summed E-state index contributed by atoms with van der Waals surface area (Å²) >= 11 is 5.98. The minimum atomic E-state index is -0.112. The predicted molar refractivity (Wildman–Crippen MR) is 86.1 cm³/mol. The number of benzene rings is 2. The van der Waals surface area contributed by atoms with Crippen molar-refractivity contribution in [2.75, 3.05) is 13.2 Å². The number of nitrogens with two attached hydrogens (primary N) is 1. The first kappa shape index (κ1) is 15.7. The number of hydrogen-bond acceptors (Lipinski definition) is 3. The molecule has 2 aromatic carbocycles. The summed E-state index contributed by atoms with van der Waals surface area (Å²) in [5, 5.41) is 0.669. The zero-order valence-corrected chi connectivity index (χ0v) is 12.8. The van der Waals surface area contributed by atoms with Crippen molar-refractivity contribution in [2.24, 2.45) is 5.73 Å². The van der Waals surface area contributed by atoms with Crippen LogP contribution in [0, 0.1) is 0 Å². The van der Waals surface area contributed by atoms with Gasteiger partial charge in [0, 0.05) is 23.0 Å². The van der Waals surface area contributed by atoms with Gasteiger partial charge < -0.3 is 15.2 Å². The summed E-state index contributed by atoms with van der Waals surface area (Å²) in [4.78, 5) is 0. The van der Waals surface area contributed by atoms with Crippen molar-refractivity contribution in [1.82, 2.24) is 0 Å². The zero-order chi connectivity index (χ0) is 15.1. The van der Waals surface area contributed by atoms with Crippen molar-refractivity contribution in [3.63, 3.8) is 0 Å². The molecule has 0 fully saturated rings. The van der Waals surface area contributed by atoms with Crippen molar-refractivity contribution < 1.29 is 9.47 Å². The van der Waals surface area contributed by atoms with Crippen molar-refractivity contribution in [3.8, 4) is 11.5 Å². The van der Waals surface area contributed by atoms with Gasteiger partial charge in [0.15, 0.2) is 0 Å². The van der Waals surface area contributed by atoms with Gasteiger partial charge in [-0.25, -0.2) is 0 Å². The van der Waals surface area contributed by atoms with Crippen LogP contribution in [0.1, 0.15) is 24.9 Å². The normalized spacial score (nSPS) is 12.0. The first-order valence-corrected chi connectivity index (χ1v) is 7.40. The molecule has 0 heterocycles. The van der Waals surface area contributed by atoms with Gasteiger partial charge in [-0.15, -0.1) is 0 Å². The van der Waals surface area contributed by atoms with E-state index in [1.54, 1.807) is 0 Å². The van der Waals surface area contributed by atoms with Crippen LogP contribution in [0.2, 0.25) is 5.02 Å². The Labute approximate surface area is 130 Å². The predicted octanol–water partition coefficient (Wildman–Crippen LogP) is 4.21. The number of ether oxygens (including phenoxy) is 2. The van der Waals surface area contributed by atoms with E-state index in [2.05, 4.69) is 0 Å². The van der Waals surface area contributed by atoms with E-state index >= 15 is 0 Å². The SMILES string of the molecule is C[C@@H](N)c1cc(Cl)ccc1OCCCOc1ccccc1. The molecule has 0 radical (unpaired) electrons. The molecule has 0 saturated carbocycles. The van der Waals surface area contributed by atoms with E-state index in [4.69, 9.17) is 26.8 Å². The molecule has 0 aliphatic heterocycles. The fourth-order valence-electron chi connectivity index (χ4n) is 1.95. The minimum absolute atomic E-state index is 0.112. The van der Waals surface area contributed by atoms with E-state index in [1.807, 2.05) is 55.5 Å². The fourth-order valence-corrected chi connectivity index (χ4v) is 2.13. The molecule has 0 spiro atoms. The maximum atomic E-state index is 5.98. The summed E-state index contributed by atoms with van der Waals surface area (Å²) in [6, 6.07) is 15.2. The molecule has 0 saturated heterocycles. The van der Waals surface area contributed by atoms with Crippen molar-refractivity contribution in [2.45, 2.75) is 19.4 Å². The van der Waals surface area contributed by atoms with Crippen molar-refractivity contribution in [1.29, 1.82) is 0 Å². The molecule has 3 nitrogen and oxygen atoms in total. The van der Waals surface area contributed by atoms with Crippen LogP contribution < -0.4 is 15.2 Å². The molecule has 21 heavy (non-hydrogen) atoms. The van der Waals surface area contributed by atoms with Crippen molar-refractivity contribution in [3.05, 3.63) is 59.1 Å². The fraction of sp³-hybridized carbons (Fsp3) is 0.294. The molecule has 4 heteroatoms. The Morgan fingerprint density at radius 2 is 1.76 bits per heavy atom. The maximum absolute atomic E-state index is 5.98. The van der Waals surface area contributed by atoms with Crippen LogP contribution in [-0.4, -0.2) is 13.2 Å². The van der Waals surface area contributed by atoms with Crippen LogP contribution >= 0.6 is 11.6 Å². The lowest BCUT2D eigenvalue weighted by Gasteiger charge is -2.14. The summed E-state index contributed by atoms with van der Waals surface area (Å²) in [7, 11) is 0. The molecule has 0 aliphatic rings.